The molecule has 2 heterocycles. The molecule has 2 atom stereocenters. The van der Waals surface area contributed by atoms with Gasteiger partial charge >= 0.3 is 0 Å². The predicted octanol–water partition coefficient (Wildman–Crippen LogP) is -2.14. The summed E-state index contributed by atoms with van der Waals surface area (Å²) < 4.78 is 0. The highest BCUT2D eigenvalue weighted by molar-refractivity contribution is 6.02. The molecule has 0 aromatic carbocycles. The molecule has 0 spiro atoms. The van der Waals surface area contributed by atoms with Crippen LogP contribution in [-0.4, -0.2) is 40.7 Å². The van der Waals surface area contributed by atoms with Gasteiger partial charge in [-0.2, -0.15) is 0 Å². The van der Waals surface area contributed by atoms with Gasteiger partial charge in [-0.3, -0.25) is 15.3 Å². The largest absolute Gasteiger partial charge is 0.370 e. The fourth-order valence-corrected chi connectivity index (χ4v) is 1.16. The Morgan fingerprint density at radius 2 is 2.50 bits per heavy atom. The van der Waals surface area contributed by atoms with E-state index < -0.39 is 18.1 Å². The molecule has 2 rings (SSSR count). The van der Waals surface area contributed by atoms with Gasteiger partial charge in [0, 0.05) is 0 Å². The summed E-state index contributed by atoms with van der Waals surface area (Å²) in [6.45, 7) is 0. The third kappa shape index (κ3) is 0.832. The van der Waals surface area contributed by atoms with Crippen molar-refractivity contribution >= 4 is 18.2 Å². The number of hydrogen-bond donors (Lipinski definition) is 3. The summed E-state index contributed by atoms with van der Waals surface area (Å²) in [4.78, 5) is 18.7. The first-order valence-electron chi connectivity index (χ1n) is 3.33. The van der Waals surface area contributed by atoms with E-state index in [1.165, 1.54) is 0 Å². The van der Waals surface area contributed by atoms with Crippen LogP contribution in [0.4, 0.5) is 0 Å². The SMILES string of the molecule is NC1=NC2N=CN(O)C2C(=O)N1. The molecule has 7 heteroatoms. The summed E-state index contributed by atoms with van der Waals surface area (Å²) in [6.07, 6.45) is 0.542. The summed E-state index contributed by atoms with van der Waals surface area (Å²) in [6, 6.07) is -0.766. The van der Waals surface area contributed by atoms with Gasteiger partial charge in [0.2, 0.25) is 0 Å². The number of nitrogens with two attached hydrogens (primary N) is 1. The van der Waals surface area contributed by atoms with Crippen LogP contribution in [-0.2, 0) is 4.79 Å². The summed E-state index contributed by atoms with van der Waals surface area (Å²) in [5.41, 5.74) is 5.27. The van der Waals surface area contributed by atoms with E-state index in [-0.39, 0.29) is 5.96 Å². The molecular weight excluding hydrogens is 162 g/mol. The van der Waals surface area contributed by atoms with Crippen LogP contribution >= 0.6 is 0 Å². The monoisotopic (exact) mass is 169 g/mol. The van der Waals surface area contributed by atoms with E-state index >= 15 is 0 Å². The molecule has 2 aliphatic rings. The van der Waals surface area contributed by atoms with Crippen molar-refractivity contribution in [2.24, 2.45) is 15.7 Å². The van der Waals surface area contributed by atoms with E-state index in [4.69, 9.17) is 10.9 Å². The Labute approximate surface area is 67.5 Å². The normalized spacial score (nSPS) is 32.9. The first-order valence-corrected chi connectivity index (χ1v) is 3.33. The molecule has 0 aliphatic carbocycles. The number of aliphatic imine (C=N–C) groups is 2. The lowest BCUT2D eigenvalue weighted by molar-refractivity contribution is -0.134. The molecule has 2 unspecified atom stereocenters. The number of fused-ring (bicyclic) bond motifs is 1. The van der Waals surface area contributed by atoms with Crippen molar-refractivity contribution < 1.29 is 10.0 Å². The number of hydrogen-bond acceptors (Lipinski definition) is 6. The van der Waals surface area contributed by atoms with Crippen LogP contribution in [0.3, 0.4) is 0 Å². The van der Waals surface area contributed by atoms with Gasteiger partial charge in [-0.25, -0.2) is 15.0 Å². The molecule has 1 amide bonds. The minimum Gasteiger partial charge on any atom is -0.370 e. The molecule has 0 fully saturated rings. The smallest absolute Gasteiger partial charge is 0.256 e. The van der Waals surface area contributed by atoms with Crippen LogP contribution in [0, 0.1) is 0 Å². The number of carbonyl (C=O) groups excluding carboxylic acids is 1. The minimum absolute atomic E-state index is 0.0358. The first-order chi connectivity index (χ1) is 5.68. The van der Waals surface area contributed by atoms with E-state index in [1.807, 2.05) is 0 Å². The van der Waals surface area contributed by atoms with Crippen LogP contribution in [0.5, 0.6) is 0 Å². The quantitative estimate of drug-likeness (QED) is 0.385. The molecule has 7 nitrogen and oxygen atoms in total. The summed E-state index contributed by atoms with van der Waals surface area (Å²) >= 11 is 0. The van der Waals surface area contributed by atoms with Gasteiger partial charge in [0.05, 0.1) is 0 Å². The summed E-state index contributed by atoms with van der Waals surface area (Å²) in [5.74, 6) is -0.360. The Hall–Kier alpha value is -1.63. The predicted molar refractivity (Wildman–Crippen MR) is 39.5 cm³/mol. The van der Waals surface area contributed by atoms with Crippen molar-refractivity contribution in [2.75, 3.05) is 0 Å². The lowest BCUT2D eigenvalue weighted by atomic mass is 10.2. The lowest BCUT2D eigenvalue weighted by Crippen LogP contribution is -2.55. The average molecular weight is 169 g/mol. The highest BCUT2D eigenvalue weighted by Gasteiger charge is 2.39. The van der Waals surface area contributed by atoms with Crippen molar-refractivity contribution in [3.63, 3.8) is 0 Å². The Bertz CT molecular complexity index is 286. The fourth-order valence-electron chi connectivity index (χ4n) is 1.16. The van der Waals surface area contributed by atoms with Crippen LogP contribution in [0.2, 0.25) is 0 Å². The Kier molecular flexibility index (Phi) is 1.28. The highest BCUT2D eigenvalue weighted by atomic mass is 16.5. The standard InChI is InChI=1S/C5H7N5O2/c6-5-8-3-2(4(11)9-5)10(12)1-7-3/h1-3,12H,(H3,6,8,9,11). The fraction of sp³-hybridized carbons (Fsp3) is 0.400. The van der Waals surface area contributed by atoms with Crippen molar-refractivity contribution in [1.29, 1.82) is 0 Å². The third-order valence-corrected chi connectivity index (χ3v) is 1.70. The maximum absolute atomic E-state index is 11.1. The maximum Gasteiger partial charge on any atom is 0.256 e. The molecule has 0 aromatic heterocycles. The second-order valence-corrected chi connectivity index (χ2v) is 2.51. The molecule has 64 valence electrons. The van der Waals surface area contributed by atoms with Crippen LogP contribution in [0.15, 0.2) is 9.98 Å². The van der Waals surface area contributed by atoms with Crippen LogP contribution in [0.25, 0.3) is 0 Å². The zero-order valence-corrected chi connectivity index (χ0v) is 6.01. The molecular formula is C5H7N5O2. The van der Waals surface area contributed by atoms with E-state index in [9.17, 15) is 4.79 Å². The Morgan fingerprint density at radius 1 is 1.75 bits per heavy atom. The van der Waals surface area contributed by atoms with Gasteiger partial charge in [-0.15, -0.1) is 0 Å². The van der Waals surface area contributed by atoms with Gasteiger partial charge in [0.15, 0.2) is 18.2 Å². The second kappa shape index (κ2) is 2.18. The zero-order chi connectivity index (χ0) is 8.72. The summed E-state index contributed by atoms with van der Waals surface area (Å²) in [5, 5.41) is 12.1. The van der Waals surface area contributed by atoms with E-state index in [2.05, 4.69) is 15.3 Å². The number of amides is 1. The van der Waals surface area contributed by atoms with E-state index in [0.29, 0.717) is 0 Å². The topological polar surface area (TPSA) is 103 Å². The molecule has 0 saturated heterocycles. The number of nitrogens with zero attached hydrogens (tertiary/aromatic N) is 3. The number of guanidine groups is 1. The number of rotatable bonds is 0. The summed E-state index contributed by atoms with van der Waals surface area (Å²) in [7, 11) is 0. The third-order valence-electron chi connectivity index (χ3n) is 1.70. The minimum atomic E-state index is -0.766. The van der Waals surface area contributed by atoms with Crippen LogP contribution < -0.4 is 11.1 Å². The molecule has 0 radical (unpaired) electrons. The molecule has 4 N–H and O–H groups in total. The first kappa shape index (κ1) is 7.04. The van der Waals surface area contributed by atoms with E-state index in [0.717, 1.165) is 11.4 Å². The highest BCUT2D eigenvalue weighted by Crippen LogP contribution is 2.15. The van der Waals surface area contributed by atoms with Gasteiger partial charge in [-0.05, 0) is 0 Å². The molecule has 2 aliphatic heterocycles. The van der Waals surface area contributed by atoms with Gasteiger partial charge in [-0.1, -0.05) is 0 Å². The van der Waals surface area contributed by atoms with Gasteiger partial charge in [0.1, 0.15) is 6.34 Å². The van der Waals surface area contributed by atoms with Crippen molar-refractivity contribution in [1.82, 2.24) is 10.4 Å². The van der Waals surface area contributed by atoms with E-state index in [1.54, 1.807) is 0 Å². The molecule has 0 saturated carbocycles. The second-order valence-electron chi connectivity index (χ2n) is 2.51. The number of nitrogens with one attached hydrogen (secondary N) is 1. The van der Waals surface area contributed by atoms with Crippen molar-refractivity contribution in [2.45, 2.75) is 12.2 Å². The molecule has 0 aromatic rings. The van der Waals surface area contributed by atoms with Crippen molar-refractivity contribution in [3.05, 3.63) is 0 Å². The lowest BCUT2D eigenvalue weighted by Gasteiger charge is -2.23. The van der Waals surface area contributed by atoms with Crippen LogP contribution in [0.1, 0.15) is 0 Å². The molecule has 12 heavy (non-hydrogen) atoms. The number of carbonyl (C=O) groups is 1. The number of hydroxylamine groups is 2. The Balaban J connectivity index is 2.32. The van der Waals surface area contributed by atoms with Crippen molar-refractivity contribution in [3.8, 4) is 0 Å². The maximum atomic E-state index is 11.1. The van der Waals surface area contributed by atoms with Gasteiger partial charge < -0.3 is 5.73 Å². The molecule has 0 bridgehead atoms. The zero-order valence-electron chi connectivity index (χ0n) is 6.01. The average Bonchev–Trinajstić information content (AvgIpc) is 2.31. The van der Waals surface area contributed by atoms with Gasteiger partial charge in [0.25, 0.3) is 5.91 Å². The Morgan fingerprint density at radius 3 is 3.25 bits per heavy atom.